The molecule has 0 saturated carbocycles. The van der Waals surface area contributed by atoms with Gasteiger partial charge in [-0.1, -0.05) is 88.2 Å². The van der Waals surface area contributed by atoms with Crippen LogP contribution >= 0.6 is 0 Å². The average molecular weight is 1350 g/mol. The molecule has 0 spiro atoms. The van der Waals surface area contributed by atoms with Crippen LogP contribution in [0.15, 0.2) is 185 Å². The Morgan fingerprint density at radius 1 is 0.573 bits per heavy atom. The van der Waals surface area contributed by atoms with E-state index in [2.05, 4.69) is 40.0 Å². The number of aromatic carboxylic acids is 1. The largest absolute Gasteiger partial charge is 0.489 e. The number of aliphatic hydroxyl groups is 1. The normalized spacial score (nSPS) is 9.77. The Labute approximate surface area is 545 Å². The van der Waals surface area contributed by atoms with E-state index in [1.807, 2.05) is 38.1 Å². The van der Waals surface area contributed by atoms with Gasteiger partial charge in [-0.3, -0.25) is 64.3 Å². The third-order valence-electron chi connectivity index (χ3n) is 11.6. The van der Waals surface area contributed by atoms with Gasteiger partial charge in [0.05, 0.1) is 74.0 Å². The van der Waals surface area contributed by atoms with Crippen LogP contribution in [0.5, 0.6) is 5.75 Å². The lowest BCUT2D eigenvalue weighted by Crippen LogP contribution is -2.18. The number of anilines is 1. The predicted octanol–water partition coefficient (Wildman–Crippen LogP) is 11.7. The van der Waals surface area contributed by atoms with Crippen LogP contribution in [0.1, 0.15) is 74.6 Å². The van der Waals surface area contributed by atoms with Crippen LogP contribution in [-0.2, 0) is 69.9 Å². The van der Waals surface area contributed by atoms with E-state index in [-0.39, 0.29) is 72.1 Å². The van der Waals surface area contributed by atoms with Crippen molar-refractivity contribution in [2.24, 2.45) is 10.2 Å². The van der Waals surface area contributed by atoms with E-state index in [1.165, 1.54) is 92.7 Å². The topological polar surface area (TPSA) is 534 Å². The molecule has 7 aromatic carbocycles. The van der Waals surface area contributed by atoms with E-state index in [0.29, 0.717) is 47.7 Å². The number of nitrogen functional groups attached to an aromatic ring is 1. The Bertz CT molecular complexity index is 4070. The molecule has 0 bridgehead atoms. The summed E-state index contributed by atoms with van der Waals surface area (Å²) in [5, 5.41) is 84.7. The number of carbonyl (C=O) groups is 3. The number of carboxylic acids is 1. The van der Waals surface area contributed by atoms with Crippen LogP contribution in [-0.4, -0.2) is 72.4 Å². The minimum absolute atomic E-state index is 0.00522. The van der Waals surface area contributed by atoms with E-state index >= 15 is 0 Å². The monoisotopic (exact) mass is 1350 g/mol. The molecule has 0 aliphatic heterocycles. The number of amides is 2. The Morgan fingerprint density at radius 2 is 0.938 bits per heavy atom. The maximum atomic E-state index is 10.7. The van der Waals surface area contributed by atoms with Gasteiger partial charge in [0, 0.05) is 103 Å². The predicted molar refractivity (Wildman–Crippen MR) is 346 cm³/mol. The number of nitro benzene ring substituents is 5. The molecular formula is C60H63N15O20S. The number of ether oxygens (including phenoxy) is 1. The Hall–Kier alpha value is -12.8. The van der Waals surface area contributed by atoms with Gasteiger partial charge in [-0.05, 0) is 94.7 Å². The fourth-order valence-corrected chi connectivity index (χ4v) is 7.31. The minimum atomic E-state index is -3.53. The number of nitrogens with one attached hydrogen (secondary N) is 2. The number of nitro groups is 5. The number of non-ortho nitro benzene ring substituents is 5. The van der Waals surface area contributed by atoms with Gasteiger partial charge < -0.3 is 35.8 Å². The Balaban J connectivity index is 0.000000383. The number of benzene rings is 7. The van der Waals surface area contributed by atoms with Gasteiger partial charge in [-0.15, -0.1) is 0 Å². The lowest BCUT2D eigenvalue weighted by molar-refractivity contribution is -0.385. The zero-order valence-electron chi connectivity index (χ0n) is 51.7. The van der Waals surface area contributed by atoms with Crippen molar-refractivity contribution in [2.75, 3.05) is 12.0 Å². The van der Waals surface area contributed by atoms with Crippen LogP contribution in [0.2, 0.25) is 0 Å². The SMILES string of the molecule is CC(=O)NCc1cccc(N)c1.CC(=O)NCc1cccc([N+](=O)[O-])c1.CS(=O)(=O)OCc1cccc([N+](=O)[O-])c1.Cc1noc(C)c1COc1ccc(C(=O)O)cc1.O=[N+]([O-])c1cccc(CO)c1.[N-]=[N+]=NCc1cccc([N+](=O)[O-])c1.[N-]=[N+]=NCc1cccc([N+](=O)[O-])c1. The first-order valence-corrected chi connectivity index (χ1v) is 29.1. The number of hydrogen-bond acceptors (Lipinski definition) is 23. The summed E-state index contributed by atoms with van der Waals surface area (Å²) >= 11 is 0. The molecule has 0 radical (unpaired) electrons. The molecule has 0 saturated heterocycles. The molecule has 0 unspecified atom stereocenters. The van der Waals surface area contributed by atoms with Crippen molar-refractivity contribution in [1.29, 1.82) is 0 Å². The number of nitrogens with zero attached hydrogens (tertiary/aromatic N) is 12. The average Bonchev–Trinajstić information content (AvgIpc) is 2.19. The summed E-state index contributed by atoms with van der Waals surface area (Å²) in [6, 6.07) is 43.4. The molecule has 2 amide bonds. The number of nitrogens with two attached hydrogens (primary N) is 1. The molecule has 0 aliphatic rings. The molecular weight excluding hydrogens is 1280 g/mol. The molecule has 8 aromatic rings. The first-order chi connectivity index (χ1) is 45.4. The highest BCUT2D eigenvalue weighted by atomic mass is 32.2. The van der Waals surface area contributed by atoms with E-state index < -0.39 is 40.7 Å². The molecule has 504 valence electrons. The fraction of sp³-hybridized carbons (Fsp3) is 0.200. The number of carboxylic acid groups (broad SMARTS) is 1. The summed E-state index contributed by atoms with van der Waals surface area (Å²) in [5.41, 5.74) is 28.2. The highest BCUT2D eigenvalue weighted by Gasteiger charge is 2.12. The van der Waals surface area contributed by atoms with E-state index in [1.54, 1.807) is 66.7 Å². The number of aromatic nitrogens is 1. The van der Waals surface area contributed by atoms with Gasteiger partial charge in [0.25, 0.3) is 38.6 Å². The van der Waals surface area contributed by atoms with E-state index in [0.717, 1.165) is 40.1 Å². The lowest BCUT2D eigenvalue weighted by Gasteiger charge is -2.05. The molecule has 1 heterocycles. The molecule has 96 heavy (non-hydrogen) atoms. The molecule has 35 nitrogen and oxygen atoms in total. The van der Waals surface area contributed by atoms with Crippen molar-refractivity contribution < 1.29 is 71.1 Å². The van der Waals surface area contributed by atoms with Gasteiger partial charge >= 0.3 is 5.97 Å². The van der Waals surface area contributed by atoms with Gasteiger partial charge in [0.2, 0.25) is 11.8 Å². The third kappa shape index (κ3) is 33.4. The molecule has 0 atom stereocenters. The maximum Gasteiger partial charge on any atom is 0.335 e. The zero-order chi connectivity index (χ0) is 71.8. The van der Waals surface area contributed by atoms with E-state index in [9.17, 15) is 73.4 Å². The minimum Gasteiger partial charge on any atom is -0.489 e. The van der Waals surface area contributed by atoms with Crippen molar-refractivity contribution in [3.63, 3.8) is 0 Å². The first kappa shape index (κ1) is 79.3. The number of azide groups is 2. The van der Waals surface area contributed by atoms with Gasteiger partial charge in [-0.25, -0.2) is 4.79 Å². The quantitative estimate of drug-likeness (QED) is 0.00848. The number of carbonyl (C=O) groups excluding carboxylic acids is 2. The molecule has 36 heteroatoms. The Morgan fingerprint density at radius 3 is 1.29 bits per heavy atom. The molecule has 1 aromatic heterocycles. The standard InChI is InChI=1S/C13H13NO4.C9H10N2O3.C9H12N2O.C8H9NO5S.2C7H6N4O2.C7H7NO3/c1-8-12(9(2)18-14-8)7-17-11-5-3-10(4-6-11)13(15)16;1-7(12)10-6-8-3-2-4-9(5-8)11(13)14;1-7(12)11-6-8-3-2-4-9(10)5-8;1-15(12,13)14-6-7-3-2-4-8(5-7)9(10)11;2*8-10-9-5-6-2-1-3-7(4-6)11(12)13;9-5-6-2-1-3-7(4-6)8(10)11/h3-6H,7H2,1-2H3,(H,15,16);2-5H,6H2,1H3,(H,10,12);2-5H,6,10H2,1H3,(H,11,12);2-5H,6H2,1H3;2*1-4H,5H2;1-4,9H,5H2. The van der Waals surface area contributed by atoms with Crippen LogP contribution in [0.4, 0.5) is 34.1 Å². The van der Waals surface area contributed by atoms with E-state index in [4.69, 9.17) is 36.3 Å². The van der Waals surface area contributed by atoms with Gasteiger partial charge in [-0.2, -0.15) is 8.42 Å². The fourth-order valence-electron chi connectivity index (χ4n) is 6.96. The van der Waals surface area contributed by atoms with Crippen molar-refractivity contribution in [3.8, 4) is 5.75 Å². The van der Waals surface area contributed by atoms with Crippen LogP contribution in [0, 0.1) is 64.4 Å². The summed E-state index contributed by atoms with van der Waals surface area (Å²) in [5.74, 6) is 0.205. The molecule has 0 fully saturated rings. The van der Waals surface area contributed by atoms with Gasteiger partial charge in [0.1, 0.15) is 18.1 Å². The summed E-state index contributed by atoms with van der Waals surface area (Å²) in [6.07, 6.45) is 0.921. The number of rotatable bonds is 21. The summed E-state index contributed by atoms with van der Waals surface area (Å²) in [6.45, 7) is 7.70. The van der Waals surface area contributed by atoms with Gasteiger partial charge in [0.15, 0.2) is 0 Å². The number of aryl methyl sites for hydroxylation is 2. The molecule has 6 N–H and O–H groups in total. The maximum absolute atomic E-state index is 10.7. The smallest absolute Gasteiger partial charge is 0.335 e. The summed E-state index contributed by atoms with van der Waals surface area (Å²) in [7, 11) is -3.53. The Kier molecular flexibility index (Phi) is 35.0. The highest BCUT2D eigenvalue weighted by molar-refractivity contribution is 7.85. The van der Waals surface area contributed by atoms with Crippen LogP contribution in [0.3, 0.4) is 0 Å². The second-order valence-corrected chi connectivity index (χ2v) is 20.7. The first-order valence-electron chi connectivity index (χ1n) is 27.3. The van der Waals surface area contributed by atoms with Crippen molar-refractivity contribution in [1.82, 2.24) is 15.8 Å². The highest BCUT2D eigenvalue weighted by Crippen LogP contribution is 2.20. The summed E-state index contributed by atoms with van der Waals surface area (Å²) < 4.78 is 36.4. The summed E-state index contributed by atoms with van der Waals surface area (Å²) in [4.78, 5) is 86.1. The third-order valence-corrected chi connectivity index (χ3v) is 12.1. The second-order valence-electron chi connectivity index (χ2n) is 19.0. The molecule has 0 aliphatic carbocycles. The number of aliphatic hydroxyl groups excluding tert-OH is 1. The van der Waals surface area contributed by atoms with Crippen molar-refractivity contribution in [3.05, 3.63) is 297 Å². The van der Waals surface area contributed by atoms with Crippen LogP contribution in [0.25, 0.3) is 20.9 Å². The second kappa shape index (κ2) is 42.3. The van der Waals surface area contributed by atoms with Crippen molar-refractivity contribution in [2.45, 2.75) is 73.7 Å². The van der Waals surface area contributed by atoms with Crippen LogP contribution < -0.4 is 21.1 Å². The number of hydrogen-bond donors (Lipinski definition) is 5. The molecule has 8 rings (SSSR count). The zero-order valence-corrected chi connectivity index (χ0v) is 52.5. The lowest BCUT2D eigenvalue weighted by atomic mass is 10.2. The van der Waals surface area contributed by atoms with Crippen molar-refractivity contribution >= 4 is 62.0 Å².